The smallest absolute Gasteiger partial charge is 0.395 e. The van der Waals surface area contributed by atoms with Crippen LogP contribution in [-0.2, 0) is 10.8 Å². The van der Waals surface area contributed by atoms with Crippen LogP contribution in [-0.4, -0.2) is 45.5 Å². The molecule has 0 spiro atoms. The summed E-state index contributed by atoms with van der Waals surface area (Å²) in [4.78, 5) is 12.9. The minimum atomic E-state index is -4.82. The zero-order chi connectivity index (χ0) is 16.8. The maximum atomic E-state index is 12.3. The van der Waals surface area contributed by atoms with Crippen LogP contribution in [0, 0.1) is 0 Å². The Morgan fingerprint density at radius 2 is 1.86 bits per heavy atom. The molecule has 0 bridgehead atoms. The summed E-state index contributed by atoms with van der Waals surface area (Å²) in [5, 5.41) is 11.4. The third-order valence-corrected chi connectivity index (χ3v) is 3.80. The quantitative estimate of drug-likeness (QED) is 0.837. The van der Waals surface area contributed by atoms with E-state index in [1.807, 2.05) is 6.92 Å². The molecule has 0 saturated carbocycles. The Balaban J connectivity index is 2.75. The van der Waals surface area contributed by atoms with Gasteiger partial charge in [-0.1, -0.05) is 6.92 Å². The van der Waals surface area contributed by atoms with Gasteiger partial charge in [0.1, 0.15) is 0 Å². The van der Waals surface area contributed by atoms with Crippen LogP contribution in [0.4, 0.5) is 23.7 Å². The van der Waals surface area contributed by atoms with Gasteiger partial charge in [-0.25, -0.2) is 9.00 Å². The lowest BCUT2D eigenvalue weighted by Crippen LogP contribution is -2.37. The average Bonchev–Trinajstić information content (AvgIpc) is 2.46. The van der Waals surface area contributed by atoms with Gasteiger partial charge < -0.3 is 15.3 Å². The van der Waals surface area contributed by atoms with E-state index in [1.54, 1.807) is 0 Å². The molecule has 124 valence electrons. The fourth-order valence-corrected chi connectivity index (χ4v) is 2.35. The molecule has 22 heavy (non-hydrogen) atoms. The van der Waals surface area contributed by atoms with Gasteiger partial charge in [0.05, 0.1) is 6.61 Å². The Labute approximate surface area is 128 Å². The Bertz CT molecular complexity index is 514. The van der Waals surface area contributed by atoms with Crippen LogP contribution < -0.4 is 5.32 Å². The Morgan fingerprint density at radius 3 is 2.32 bits per heavy atom. The fourth-order valence-electron chi connectivity index (χ4n) is 1.70. The van der Waals surface area contributed by atoms with E-state index < -0.39 is 22.3 Å². The molecule has 0 aliphatic carbocycles. The first-order chi connectivity index (χ1) is 10.3. The second-order valence-electron chi connectivity index (χ2n) is 4.38. The summed E-state index contributed by atoms with van der Waals surface area (Å²) in [6.07, 6.45) is 0.705. The van der Waals surface area contributed by atoms with E-state index >= 15 is 0 Å². The van der Waals surface area contributed by atoms with Gasteiger partial charge in [0.25, 0.3) is 0 Å². The van der Waals surface area contributed by atoms with Crippen LogP contribution in [0.15, 0.2) is 29.2 Å². The van der Waals surface area contributed by atoms with E-state index in [9.17, 15) is 22.2 Å². The highest BCUT2D eigenvalue weighted by Gasteiger charge is 2.37. The number of halogens is 3. The number of anilines is 1. The Hall–Kier alpha value is -1.61. The van der Waals surface area contributed by atoms with Crippen molar-refractivity contribution < 1.29 is 27.3 Å². The predicted octanol–water partition coefficient (Wildman–Crippen LogP) is 2.55. The van der Waals surface area contributed by atoms with Crippen LogP contribution in [0.3, 0.4) is 0 Å². The molecule has 0 heterocycles. The van der Waals surface area contributed by atoms with Gasteiger partial charge in [0.15, 0.2) is 10.8 Å². The monoisotopic (exact) mass is 338 g/mol. The molecule has 1 atom stereocenters. The highest BCUT2D eigenvalue weighted by atomic mass is 32.2. The first kappa shape index (κ1) is 18.4. The van der Waals surface area contributed by atoms with Gasteiger partial charge in [0, 0.05) is 23.7 Å². The molecule has 1 unspecified atom stereocenters. The summed E-state index contributed by atoms with van der Waals surface area (Å²) in [6, 6.07) is 4.14. The number of aliphatic hydroxyl groups excluding tert-OH is 1. The van der Waals surface area contributed by atoms with Crippen molar-refractivity contribution in [3.63, 3.8) is 0 Å². The van der Waals surface area contributed by atoms with Crippen molar-refractivity contribution in [1.29, 1.82) is 0 Å². The second-order valence-corrected chi connectivity index (χ2v) is 5.85. The number of hydrogen-bond donors (Lipinski definition) is 2. The van der Waals surface area contributed by atoms with Gasteiger partial charge in [0.2, 0.25) is 0 Å². The van der Waals surface area contributed by atoms with Crippen LogP contribution in [0.1, 0.15) is 13.3 Å². The number of rotatable bonds is 6. The van der Waals surface area contributed by atoms with Gasteiger partial charge in [-0.2, -0.15) is 13.2 Å². The summed E-state index contributed by atoms with van der Waals surface area (Å²) in [6.45, 7) is 2.30. The minimum Gasteiger partial charge on any atom is -0.395 e. The Morgan fingerprint density at radius 1 is 1.27 bits per heavy atom. The molecule has 1 rings (SSSR count). The molecule has 0 aliphatic heterocycles. The number of hydrogen-bond acceptors (Lipinski definition) is 3. The number of nitrogens with zero attached hydrogens (tertiary/aromatic N) is 1. The standard InChI is InChI=1S/C13H17F3N2O3S/c1-2-7-18(8-9-19)12(20)17-10-3-5-11(6-4-10)22(21)13(14,15)16/h3-6,19H,2,7-9H2,1H3,(H,17,20). The van der Waals surface area contributed by atoms with Crippen molar-refractivity contribution in [2.45, 2.75) is 23.7 Å². The summed E-state index contributed by atoms with van der Waals surface area (Å²) in [5.74, 6) is 0. The molecule has 0 radical (unpaired) electrons. The molecular weight excluding hydrogens is 321 g/mol. The fraction of sp³-hybridized carbons (Fsp3) is 0.462. The molecule has 0 aromatic heterocycles. The number of carbonyl (C=O) groups excluding carboxylic acids is 1. The van der Waals surface area contributed by atoms with E-state index in [2.05, 4.69) is 5.32 Å². The number of urea groups is 1. The van der Waals surface area contributed by atoms with Crippen LogP contribution in [0.25, 0.3) is 0 Å². The van der Waals surface area contributed by atoms with Crippen molar-refractivity contribution in [1.82, 2.24) is 4.90 Å². The normalized spacial score (nSPS) is 12.8. The second kappa shape index (κ2) is 8.14. The summed E-state index contributed by atoms with van der Waals surface area (Å²) in [5.41, 5.74) is -4.53. The number of benzene rings is 1. The van der Waals surface area contributed by atoms with Crippen molar-refractivity contribution in [2.75, 3.05) is 25.0 Å². The van der Waals surface area contributed by atoms with E-state index in [0.29, 0.717) is 13.0 Å². The highest BCUT2D eigenvalue weighted by molar-refractivity contribution is 7.86. The molecular formula is C13H17F3N2O3S. The lowest BCUT2D eigenvalue weighted by atomic mass is 10.3. The molecule has 1 aromatic rings. The number of carbonyl (C=O) groups is 1. The predicted molar refractivity (Wildman–Crippen MR) is 76.9 cm³/mol. The van der Waals surface area contributed by atoms with Crippen LogP contribution in [0.5, 0.6) is 0 Å². The number of alkyl halides is 3. The summed E-state index contributed by atoms with van der Waals surface area (Å²) < 4.78 is 48.1. The topological polar surface area (TPSA) is 69.6 Å². The minimum absolute atomic E-state index is 0.163. The number of nitrogens with one attached hydrogen (secondary N) is 1. The van der Waals surface area contributed by atoms with E-state index in [0.717, 1.165) is 12.1 Å². The first-order valence-corrected chi connectivity index (χ1v) is 7.70. The molecule has 2 amide bonds. The van der Waals surface area contributed by atoms with Gasteiger partial charge >= 0.3 is 11.5 Å². The first-order valence-electron chi connectivity index (χ1n) is 6.55. The molecule has 2 N–H and O–H groups in total. The summed E-state index contributed by atoms with van der Waals surface area (Å²) in [7, 11) is -3.09. The lowest BCUT2D eigenvalue weighted by Gasteiger charge is -2.21. The lowest BCUT2D eigenvalue weighted by molar-refractivity contribution is -0.0384. The maximum absolute atomic E-state index is 12.3. The van der Waals surface area contributed by atoms with Crippen molar-refractivity contribution in [3.8, 4) is 0 Å². The molecule has 5 nitrogen and oxygen atoms in total. The van der Waals surface area contributed by atoms with Crippen molar-refractivity contribution in [2.24, 2.45) is 0 Å². The molecule has 1 aromatic carbocycles. The van der Waals surface area contributed by atoms with Crippen molar-refractivity contribution in [3.05, 3.63) is 24.3 Å². The third-order valence-electron chi connectivity index (χ3n) is 2.68. The SMILES string of the molecule is CCCN(CCO)C(=O)Nc1ccc(S(=O)C(F)(F)F)cc1. The van der Waals surface area contributed by atoms with E-state index in [4.69, 9.17) is 5.11 Å². The largest absolute Gasteiger partial charge is 0.475 e. The van der Waals surface area contributed by atoms with Gasteiger partial charge in [-0.15, -0.1) is 0 Å². The van der Waals surface area contributed by atoms with Crippen LogP contribution >= 0.6 is 0 Å². The van der Waals surface area contributed by atoms with Gasteiger partial charge in [-0.05, 0) is 30.7 Å². The zero-order valence-electron chi connectivity index (χ0n) is 11.9. The third kappa shape index (κ3) is 5.30. The zero-order valence-corrected chi connectivity index (χ0v) is 12.7. The number of aliphatic hydroxyl groups is 1. The molecule has 0 fully saturated rings. The average molecular weight is 338 g/mol. The highest BCUT2D eigenvalue weighted by Crippen LogP contribution is 2.26. The number of amides is 2. The maximum Gasteiger partial charge on any atom is 0.475 e. The molecule has 9 heteroatoms. The Kier molecular flexibility index (Phi) is 6.82. The van der Waals surface area contributed by atoms with Crippen molar-refractivity contribution >= 4 is 22.5 Å². The molecule has 0 aliphatic rings. The van der Waals surface area contributed by atoms with E-state index in [1.165, 1.54) is 17.0 Å². The van der Waals surface area contributed by atoms with Gasteiger partial charge in [-0.3, -0.25) is 0 Å². The van der Waals surface area contributed by atoms with E-state index in [-0.39, 0.29) is 23.7 Å². The molecule has 0 saturated heterocycles. The summed E-state index contributed by atoms with van der Waals surface area (Å²) >= 11 is 0. The van der Waals surface area contributed by atoms with Crippen LogP contribution in [0.2, 0.25) is 0 Å².